The molecule has 0 fully saturated rings. The van der Waals surface area contributed by atoms with Gasteiger partial charge in [0.25, 0.3) is 0 Å². The molecule has 0 radical (unpaired) electrons. The van der Waals surface area contributed by atoms with Crippen LogP contribution in [0, 0.1) is 0 Å². The Morgan fingerprint density at radius 2 is 2.20 bits per heavy atom. The predicted octanol–water partition coefficient (Wildman–Crippen LogP) is 1.74. The normalized spacial score (nSPS) is 12.0. The standard InChI is InChI=1S/C8H11NO/c1-4-9-5-8(6-10)7(2)3/h4-6H,2H2,1,3H3/b8-5-,9-4?. The van der Waals surface area contributed by atoms with E-state index in [9.17, 15) is 4.79 Å². The SMILES string of the molecule is C=C(C)/C(C=O)=C\N=CC. The first-order valence-electron chi connectivity index (χ1n) is 3.01. The molecule has 0 N–H and O–H groups in total. The quantitative estimate of drug-likeness (QED) is 0.252. The third kappa shape index (κ3) is 2.97. The smallest absolute Gasteiger partial charge is 0.151 e. The molecule has 10 heavy (non-hydrogen) atoms. The van der Waals surface area contributed by atoms with Crippen molar-refractivity contribution in [2.24, 2.45) is 4.99 Å². The molecule has 0 aliphatic carbocycles. The van der Waals surface area contributed by atoms with E-state index in [1.54, 1.807) is 20.1 Å². The molecule has 0 heterocycles. The lowest BCUT2D eigenvalue weighted by atomic mass is 10.2. The molecule has 0 rings (SSSR count). The van der Waals surface area contributed by atoms with E-state index in [1.807, 2.05) is 0 Å². The molecule has 0 saturated heterocycles. The zero-order valence-corrected chi connectivity index (χ0v) is 6.29. The molecule has 0 aliphatic rings. The fraction of sp³-hybridized carbons (Fsp3) is 0.250. The molecule has 2 heteroatoms. The lowest BCUT2D eigenvalue weighted by Gasteiger charge is -1.91. The average Bonchev–Trinajstić information content (AvgIpc) is 1.89. The van der Waals surface area contributed by atoms with Gasteiger partial charge >= 0.3 is 0 Å². The minimum atomic E-state index is 0.540. The summed E-state index contributed by atoms with van der Waals surface area (Å²) in [6, 6.07) is 0. The maximum Gasteiger partial charge on any atom is 0.151 e. The van der Waals surface area contributed by atoms with Crippen molar-refractivity contribution in [3.8, 4) is 0 Å². The second-order valence-corrected chi connectivity index (χ2v) is 1.89. The molecule has 0 aromatic carbocycles. The highest BCUT2D eigenvalue weighted by Crippen LogP contribution is 2.01. The van der Waals surface area contributed by atoms with Crippen LogP contribution < -0.4 is 0 Å². The molecule has 0 aromatic rings. The van der Waals surface area contributed by atoms with Crippen molar-refractivity contribution in [2.75, 3.05) is 0 Å². The van der Waals surface area contributed by atoms with Crippen LogP contribution in [0.15, 0.2) is 28.9 Å². The molecule has 0 amide bonds. The van der Waals surface area contributed by atoms with Gasteiger partial charge in [0.05, 0.1) is 0 Å². The van der Waals surface area contributed by atoms with Crippen molar-refractivity contribution < 1.29 is 4.79 Å². The lowest BCUT2D eigenvalue weighted by molar-refractivity contribution is -0.104. The number of rotatable bonds is 3. The number of carbonyl (C=O) groups is 1. The van der Waals surface area contributed by atoms with E-state index in [-0.39, 0.29) is 0 Å². The second kappa shape index (κ2) is 4.68. The molecule has 0 saturated carbocycles. The highest BCUT2D eigenvalue weighted by atomic mass is 16.1. The summed E-state index contributed by atoms with van der Waals surface area (Å²) in [6.07, 6.45) is 3.86. The summed E-state index contributed by atoms with van der Waals surface area (Å²) in [5, 5.41) is 0. The average molecular weight is 137 g/mol. The maximum atomic E-state index is 10.2. The first-order valence-corrected chi connectivity index (χ1v) is 3.01. The fourth-order valence-corrected chi connectivity index (χ4v) is 0.396. The topological polar surface area (TPSA) is 29.4 Å². The van der Waals surface area contributed by atoms with Crippen molar-refractivity contribution in [1.82, 2.24) is 0 Å². The Balaban J connectivity index is 4.33. The van der Waals surface area contributed by atoms with Crippen molar-refractivity contribution in [3.63, 3.8) is 0 Å². The summed E-state index contributed by atoms with van der Waals surface area (Å²) in [4.78, 5) is 14.0. The van der Waals surface area contributed by atoms with Gasteiger partial charge in [-0.15, -0.1) is 0 Å². The van der Waals surface area contributed by atoms with Crippen LogP contribution in [-0.2, 0) is 4.79 Å². The van der Waals surface area contributed by atoms with Gasteiger partial charge in [-0.3, -0.25) is 9.79 Å². The van der Waals surface area contributed by atoms with Gasteiger partial charge in [-0.2, -0.15) is 0 Å². The Bertz CT molecular complexity index is 189. The van der Waals surface area contributed by atoms with Crippen LogP contribution >= 0.6 is 0 Å². The molecule has 0 bridgehead atoms. The maximum absolute atomic E-state index is 10.2. The summed E-state index contributed by atoms with van der Waals surface area (Å²) in [5.74, 6) is 0. The summed E-state index contributed by atoms with van der Waals surface area (Å²) in [6.45, 7) is 7.16. The third-order valence-corrected chi connectivity index (χ3v) is 0.982. The first kappa shape index (κ1) is 8.82. The van der Waals surface area contributed by atoms with E-state index in [0.29, 0.717) is 5.57 Å². The van der Waals surface area contributed by atoms with Crippen molar-refractivity contribution in [3.05, 3.63) is 23.9 Å². The van der Waals surface area contributed by atoms with E-state index in [4.69, 9.17) is 0 Å². The number of carbonyl (C=O) groups excluding carboxylic acids is 1. The van der Waals surface area contributed by atoms with E-state index in [0.717, 1.165) is 11.9 Å². The summed E-state index contributed by atoms with van der Waals surface area (Å²) in [7, 11) is 0. The largest absolute Gasteiger partial charge is 0.298 e. The highest BCUT2D eigenvalue weighted by Gasteiger charge is 1.91. The summed E-state index contributed by atoms with van der Waals surface area (Å²) in [5.41, 5.74) is 1.28. The van der Waals surface area contributed by atoms with E-state index in [1.165, 1.54) is 6.20 Å². The van der Waals surface area contributed by atoms with Gasteiger partial charge in [0, 0.05) is 18.0 Å². The number of hydrogen-bond donors (Lipinski definition) is 0. The predicted molar refractivity (Wildman–Crippen MR) is 43.1 cm³/mol. The van der Waals surface area contributed by atoms with Crippen LogP contribution in [0.3, 0.4) is 0 Å². The fourth-order valence-electron chi connectivity index (χ4n) is 0.396. The third-order valence-electron chi connectivity index (χ3n) is 0.982. The Labute approximate surface area is 61.0 Å². The van der Waals surface area contributed by atoms with Crippen molar-refractivity contribution in [1.29, 1.82) is 0 Å². The Kier molecular flexibility index (Phi) is 4.12. The number of nitrogens with zero attached hydrogens (tertiary/aromatic N) is 1. The summed E-state index contributed by atoms with van der Waals surface area (Å²) >= 11 is 0. The molecule has 0 spiro atoms. The van der Waals surface area contributed by atoms with E-state index in [2.05, 4.69) is 11.6 Å². The molecule has 2 nitrogen and oxygen atoms in total. The number of aliphatic imine (C=N–C) groups is 1. The Morgan fingerprint density at radius 3 is 2.50 bits per heavy atom. The number of aldehydes is 1. The zero-order chi connectivity index (χ0) is 7.98. The van der Waals surface area contributed by atoms with Crippen molar-refractivity contribution in [2.45, 2.75) is 13.8 Å². The number of allylic oxidation sites excluding steroid dienone is 2. The van der Waals surface area contributed by atoms with E-state index >= 15 is 0 Å². The van der Waals surface area contributed by atoms with Gasteiger partial charge in [-0.25, -0.2) is 0 Å². The van der Waals surface area contributed by atoms with Gasteiger partial charge < -0.3 is 0 Å². The lowest BCUT2D eigenvalue weighted by Crippen LogP contribution is -1.83. The molecule has 0 aliphatic heterocycles. The van der Waals surface area contributed by atoms with Crippen LogP contribution in [0.2, 0.25) is 0 Å². The molecule has 0 atom stereocenters. The van der Waals surface area contributed by atoms with Crippen LogP contribution in [-0.4, -0.2) is 12.5 Å². The minimum absolute atomic E-state index is 0.540. The molecular formula is C8H11NO. The first-order chi connectivity index (χ1) is 4.72. The molecule has 0 aromatic heterocycles. The minimum Gasteiger partial charge on any atom is -0.298 e. The molecular weight excluding hydrogens is 126 g/mol. The van der Waals surface area contributed by atoms with Gasteiger partial charge in [-0.1, -0.05) is 6.58 Å². The van der Waals surface area contributed by atoms with Gasteiger partial charge in [0.15, 0.2) is 6.29 Å². The zero-order valence-electron chi connectivity index (χ0n) is 6.29. The van der Waals surface area contributed by atoms with Gasteiger partial charge in [-0.05, 0) is 19.4 Å². The van der Waals surface area contributed by atoms with Gasteiger partial charge in [0.2, 0.25) is 0 Å². The van der Waals surface area contributed by atoms with Gasteiger partial charge in [0.1, 0.15) is 0 Å². The van der Waals surface area contributed by atoms with Crippen LogP contribution in [0.25, 0.3) is 0 Å². The monoisotopic (exact) mass is 137 g/mol. The van der Waals surface area contributed by atoms with Crippen LogP contribution in [0.1, 0.15) is 13.8 Å². The second-order valence-electron chi connectivity index (χ2n) is 1.89. The molecule has 0 unspecified atom stereocenters. The Hall–Kier alpha value is -1.18. The van der Waals surface area contributed by atoms with Crippen LogP contribution in [0.4, 0.5) is 0 Å². The Morgan fingerprint density at radius 1 is 1.60 bits per heavy atom. The van der Waals surface area contributed by atoms with E-state index < -0.39 is 0 Å². The molecule has 54 valence electrons. The highest BCUT2D eigenvalue weighted by molar-refractivity contribution is 5.79. The van der Waals surface area contributed by atoms with Crippen molar-refractivity contribution >= 4 is 12.5 Å². The van der Waals surface area contributed by atoms with Crippen LogP contribution in [0.5, 0.6) is 0 Å². The number of hydrogen-bond acceptors (Lipinski definition) is 2. The summed E-state index contributed by atoms with van der Waals surface area (Å²) < 4.78 is 0.